The Morgan fingerprint density at radius 1 is 0.724 bits per heavy atom. The van der Waals surface area contributed by atoms with Gasteiger partial charge < -0.3 is 19.5 Å². The first-order valence-electron chi connectivity index (χ1n) is 9.62. The number of hydrogen-bond acceptors (Lipinski definition) is 4. The average molecular weight is 391 g/mol. The number of benzene rings is 3. The molecule has 5 nitrogen and oxygen atoms in total. The largest absolute Gasteiger partial charge is 0.491 e. The van der Waals surface area contributed by atoms with Crippen molar-refractivity contribution in [1.29, 1.82) is 0 Å². The fourth-order valence-electron chi connectivity index (χ4n) is 2.75. The summed E-state index contributed by atoms with van der Waals surface area (Å²) in [6.45, 7) is 1.54. The van der Waals surface area contributed by atoms with Crippen molar-refractivity contribution >= 4 is 5.91 Å². The molecule has 1 amide bonds. The average Bonchev–Trinajstić information content (AvgIpc) is 2.78. The van der Waals surface area contributed by atoms with E-state index in [1.807, 2.05) is 84.9 Å². The Labute approximate surface area is 171 Å². The number of amides is 1. The predicted octanol–water partition coefficient (Wildman–Crippen LogP) is 3.94. The minimum atomic E-state index is -0.176. The smallest absolute Gasteiger partial charge is 0.246 e. The van der Waals surface area contributed by atoms with Crippen LogP contribution in [0.4, 0.5) is 0 Å². The minimum absolute atomic E-state index is 0.00124. The molecule has 0 unspecified atom stereocenters. The van der Waals surface area contributed by atoms with Gasteiger partial charge in [-0.25, -0.2) is 0 Å². The predicted molar refractivity (Wildman–Crippen MR) is 113 cm³/mol. The molecule has 0 fully saturated rings. The van der Waals surface area contributed by atoms with E-state index in [1.165, 1.54) is 0 Å². The fourth-order valence-corrected chi connectivity index (χ4v) is 2.75. The van der Waals surface area contributed by atoms with E-state index in [2.05, 4.69) is 5.32 Å². The zero-order chi connectivity index (χ0) is 20.2. The van der Waals surface area contributed by atoms with Gasteiger partial charge in [0.1, 0.15) is 31.3 Å². The van der Waals surface area contributed by atoms with E-state index in [4.69, 9.17) is 14.2 Å². The van der Waals surface area contributed by atoms with E-state index >= 15 is 0 Å². The zero-order valence-electron chi connectivity index (χ0n) is 16.3. The molecule has 3 aromatic carbocycles. The molecule has 0 aliphatic rings. The van der Waals surface area contributed by atoms with Crippen LogP contribution < -0.4 is 14.8 Å². The maximum Gasteiger partial charge on any atom is 0.246 e. The lowest BCUT2D eigenvalue weighted by molar-refractivity contribution is -0.126. The molecule has 0 atom stereocenters. The van der Waals surface area contributed by atoms with Crippen LogP contribution in [0, 0.1) is 0 Å². The third-order valence-corrected chi connectivity index (χ3v) is 4.13. The SMILES string of the molecule is O=C(COCCOc1ccccc1)NCCOc1ccccc1-c1ccccc1. The maximum absolute atomic E-state index is 11.8. The lowest BCUT2D eigenvalue weighted by Crippen LogP contribution is -2.31. The highest BCUT2D eigenvalue weighted by molar-refractivity contribution is 5.77. The van der Waals surface area contributed by atoms with Gasteiger partial charge in [0.2, 0.25) is 5.91 Å². The normalized spacial score (nSPS) is 10.3. The van der Waals surface area contributed by atoms with Crippen molar-refractivity contribution in [2.45, 2.75) is 0 Å². The number of para-hydroxylation sites is 2. The van der Waals surface area contributed by atoms with E-state index in [0.717, 1.165) is 22.6 Å². The van der Waals surface area contributed by atoms with Crippen LogP contribution in [0.1, 0.15) is 0 Å². The Hall–Kier alpha value is -3.31. The van der Waals surface area contributed by atoms with E-state index in [0.29, 0.717) is 26.4 Å². The Bertz CT molecular complexity index is 868. The molecule has 0 aromatic heterocycles. The van der Waals surface area contributed by atoms with E-state index < -0.39 is 0 Å². The van der Waals surface area contributed by atoms with E-state index in [1.54, 1.807) is 0 Å². The standard InChI is InChI=1S/C24H25NO4/c26-24(19-27-17-18-28-21-11-5-2-6-12-21)25-15-16-29-23-14-8-7-13-22(23)20-9-3-1-4-10-20/h1-14H,15-19H2,(H,25,26). The van der Waals surface area contributed by atoms with Crippen LogP contribution in [0.5, 0.6) is 11.5 Å². The number of ether oxygens (including phenoxy) is 3. The van der Waals surface area contributed by atoms with Crippen molar-refractivity contribution in [3.63, 3.8) is 0 Å². The molecule has 3 aromatic rings. The number of nitrogens with one attached hydrogen (secondary N) is 1. The maximum atomic E-state index is 11.8. The van der Waals surface area contributed by atoms with Crippen molar-refractivity contribution in [3.05, 3.63) is 84.9 Å². The van der Waals surface area contributed by atoms with E-state index in [9.17, 15) is 4.79 Å². The molecule has 0 spiro atoms. The summed E-state index contributed by atoms with van der Waals surface area (Å²) >= 11 is 0. The minimum Gasteiger partial charge on any atom is -0.491 e. The van der Waals surface area contributed by atoms with Gasteiger partial charge in [-0.05, 0) is 23.8 Å². The van der Waals surface area contributed by atoms with E-state index in [-0.39, 0.29) is 12.5 Å². The first-order chi connectivity index (χ1) is 14.3. The van der Waals surface area contributed by atoms with Gasteiger partial charge in [-0.15, -0.1) is 0 Å². The van der Waals surface area contributed by atoms with Gasteiger partial charge >= 0.3 is 0 Å². The van der Waals surface area contributed by atoms with Crippen molar-refractivity contribution < 1.29 is 19.0 Å². The highest BCUT2D eigenvalue weighted by Crippen LogP contribution is 2.29. The molecule has 0 bridgehead atoms. The summed E-state index contributed by atoms with van der Waals surface area (Å²) in [5, 5.41) is 2.79. The highest BCUT2D eigenvalue weighted by atomic mass is 16.5. The molecule has 5 heteroatoms. The summed E-state index contributed by atoms with van der Waals surface area (Å²) in [7, 11) is 0. The molecular formula is C24H25NO4. The monoisotopic (exact) mass is 391 g/mol. The summed E-state index contributed by atoms with van der Waals surface area (Å²) in [4.78, 5) is 11.8. The Morgan fingerprint density at radius 3 is 2.21 bits per heavy atom. The molecule has 3 rings (SSSR count). The van der Waals surface area contributed by atoms with Crippen LogP contribution in [0.3, 0.4) is 0 Å². The Kier molecular flexibility index (Phi) is 8.11. The Balaban J connectivity index is 1.31. The second kappa shape index (κ2) is 11.5. The van der Waals surface area contributed by atoms with Crippen LogP contribution in [0.15, 0.2) is 84.9 Å². The summed E-state index contributed by atoms with van der Waals surface area (Å²) in [6.07, 6.45) is 0. The first kappa shape index (κ1) is 20.4. The summed E-state index contributed by atoms with van der Waals surface area (Å²) in [5.74, 6) is 1.40. The molecule has 0 saturated carbocycles. The molecule has 150 valence electrons. The van der Waals surface area contributed by atoms with Gasteiger partial charge in [-0.2, -0.15) is 0 Å². The third-order valence-electron chi connectivity index (χ3n) is 4.13. The van der Waals surface area contributed by atoms with Gasteiger partial charge in [-0.3, -0.25) is 4.79 Å². The van der Waals surface area contributed by atoms with Crippen molar-refractivity contribution in [2.75, 3.05) is 33.0 Å². The summed E-state index contributed by atoms with van der Waals surface area (Å²) in [5.41, 5.74) is 2.12. The van der Waals surface area contributed by atoms with Crippen molar-refractivity contribution in [3.8, 4) is 22.6 Å². The van der Waals surface area contributed by atoms with Gasteiger partial charge in [0, 0.05) is 5.56 Å². The quantitative estimate of drug-likeness (QED) is 0.503. The number of hydrogen-bond donors (Lipinski definition) is 1. The number of rotatable bonds is 11. The summed E-state index contributed by atoms with van der Waals surface area (Å²) < 4.78 is 16.7. The molecule has 0 aliphatic heterocycles. The molecule has 29 heavy (non-hydrogen) atoms. The highest BCUT2D eigenvalue weighted by Gasteiger charge is 2.06. The van der Waals surface area contributed by atoms with Gasteiger partial charge in [0.25, 0.3) is 0 Å². The lowest BCUT2D eigenvalue weighted by Gasteiger charge is -2.12. The van der Waals surface area contributed by atoms with Gasteiger partial charge in [-0.1, -0.05) is 66.7 Å². The molecule has 0 saturated heterocycles. The van der Waals surface area contributed by atoms with Crippen LogP contribution in [0.2, 0.25) is 0 Å². The van der Waals surface area contributed by atoms with Crippen LogP contribution in [0.25, 0.3) is 11.1 Å². The lowest BCUT2D eigenvalue weighted by atomic mass is 10.1. The third kappa shape index (κ3) is 6.97. The van der Waals surface area contributed by atoms with Gasteiger partial charge in [0.05, 0.1) is 13.2 Å². The van der Waals surface area contributed by atoms with Crippen LogP contribution in [-0.2, 0) is 9.53 Å². The molecule has 1 N–H and O–H groups in total. The molecular weight excluding hydrogens is 366 g/mol. The van der Waals surface area contributed by atoms with Crippen LogP contribution in [-0.4, -0.2) is 38.9 Å². The number of carbonyl (C=O) groups is 1. The fraction of sp³-hybridized carbons (Fsp3) is 0.208. The second-order valence-electron chi connectivity index (χ2n) is 6.27. The summed E-state index contributed by atoms with van der Waals surface area (Å²) in [6, 6.07) is 27.4. The topological polar surface area (TPSA) is 56.8 Å². The number of carbonyl (C=O) groups excluding carboxylic acids is 1. The van der Waals surface area contributed by atoms with Gasteiger partial charge in [0.15, 0.2) is 0 Å². The van der Waals surface area contributed by atoms with Crippen LogP contribution >= 0.6 is 0 Å². The molecule has 0 aliphatic carbocycles. The van der Waals surface area contributed by atoms with Crippen molar-refractivity contribution in [1.82, 2.24) is 5.32 Å². The molecule has 0 heterocycles. The van der Waals surface area contributed by atoms with Crippen molar-refractivity contribution in [2.24, 2.45) is 0 Å². The second-order valence-corrected chi connectivity index (χ2v) is 6.27. The Morgan fingerprint density at radius 2 is 1.41 bits per heavy atom. The first-order valence-corrected chi connectivity index (χ1v) is 9.62. The zero-order valence-corrected chi connectivity index (χ0v) is 16.3. The molecule has 0 radical (unpaired) electrons.